The maximum absolute atomic E-state index is 4.97. The van der Waals surface area contributed by atoms with Crippen molar-refractivity contribution in [1.29, 1.82) is 0 Å². The number of allylic oxidation sites excluding steroid dienone is 4. The second-order valence-corrected chi connectivity index (χ2v) is 3.74. The summed E-state index contributed by atoms with van der Waals surface area (Å²) < 4.78 is 0. The van der Waals surface area contributed by atoms with Crippen LogP contribution in [0.4, 0.5) is 0 Å². The first-order valence-electron chi connectivity index (χ1n) is 4.37. The molecule has 0 aromatic heterocycles. The van der Waals surface area contributed by atoms with Gasteiger partial charge in [0, 0.05) is 5.37 Å². The van der Waals surface area contributed by atoms with E-state index in [1.54, 1.807) is 5.37 Å². The second kappa shape index (κ2) is 5.26. The van der Waals surface area contributed by atoms with Gasteiger partial charge in [0.1, 0.15) is 0 Å². The van der Waals surface area contributed by atoms with Crippen molar-refractivity contribution in [2.24, 2.45) is 5.41 Å². The third-order valence-corrected chi connectivity index (χ3v) is 2.51. The van der Waals surface area contributed by atoms with Crippen molar-refractivity contribution in [2.75, 3.05) is 0 Å². The molecule has 0 aliphatic carbocycles. The summed E-state index contributed by atoms with van der Waals surface area (Å²) in [5, 5.41) is 1.78. The lowest BCUT2D eigenvalue weighted by Gasteiger charge is -2.23. The molecule has 0 aliphatic rings. The van der Waals surface area contributed by atoms with Crippen LogP contribution < -0.4 is 0 Å². The minimum atomic E-state index is 0.210. The van der Waals surface area contributed by atoms with E-state index in [2.05, 4.69) is 26.8 Å². The topological polar surface area (TPSA) is 0 Å². The molecular weight excluding hydrogens is 164 g/mol. The van der Waals surface area contributed by atoms with Gasteiger partial charge in [0.05, 0.1) is 0 Å². The Balaban J connectivity index is 4.65. The van der Waals surface area contributed by atoms with E-state index < -0.39 is 0 Å². The Morgan fingerprint density at radius 2 is 2.00 bits per heavy atom. The van der Waals surface area contributed by atoms with Crippen LogP contribution in [0.1, 0.15) is 34.1 Å². The summed E-state index contributed by atoms with van der Waals surface area (Å²) in [7, 11) is 0. The van der Waals surface area contributed by atoms with Gasteiger partial charge in [-0.3, -0.25) is 0 Å². The van der Waals surface area contributed by atoms with Gasteiger partial charge in [0.2, 0.25) is 0 Å². The van der Waals surface area contributed by atoms with Gasteiger partial charge in [0.25, 0.3) is 0 Å². The highest BCUT2D eigenvalue weighted by molar-refractivity contribution is 7.79. The minimum absolute atomic E-state index is 0.210. The van der Waals surface area contributed by atoms with Crippen LogP contribution in [0.2, 0.25) is 0 Å². The third-order valence-electron chi connectivity index (χ3n) is 2.26. The van der Waals surface area contributed by atoms with Crippen LogP contribution in [0.5, 0.6) is 0 Å². The fraction of sp³-hybridized carbons (Fsp3) is 0.545. The summed E-state index contributed by atoms with van der Waals surface area (Å²) in [6.07, 6.45) is 7.26. The molecule has 68 valence electrons. The minimum Gasteiger partial charge on any atom is -0.0884 e. The van der Waals surface area contributed by atoms with Crippen molar-refractivity contribution in [1.82, 2.24) is 0 Å². The lowest BCUT2D eigenvalue weighted by molar-refractivity contribution is 0.448. The lowest BCUT2D eigenvalue weighted by Crippen LogP contribution is -2.13. The zero-order valence-electron chi connectivity index (χ0n) is 8.42. The average Bonchev–Trinajstić information content (AvgIpc) is 2.05. The van der Waals surface area contributed by atoms with E-state index in [-0.39, 0.29) is 5.41 Å². The summed E-state index contributed by atoms with van der Waals surface area (Å²) in [5.74, 6) is 0. The Hall–Kier alpha value is -0.430. The lowest BCUT2D eigenvalue weighted by atomic mass is 9.82. The molecule has 0 aromatic carbocycles. The summed E-state index contributed by atoms with van der Waals surface area (Å²) in [5.41, 5.74) is 1.44. The first-order chi connectivity index (χ1) is 5.58. The maximum atomic E-state index is 4.97. The predicted molar refractivity (Wildman–Crippen MR) is 60.6 cm³/mol. The van der Waals surface area contributed by atoms with E-state index in [1.165, 1.54) is 5.57 Å². The molecule has 0 atom stereocenters. The molecule has 0 aliphatic heterocycles. The van der Waals surface area contributed by atoms with E-state index in [9.17, 15) is 0 Å². The molecular formula is C11H18S. The highest BCUT2D eigenvalue weighted by Crippen LogP contribution is 2.28. The molecule has 12 heavy (non-hydrogen) atoms. The molecule has 0 nitrogen and oxygen atoms in total. The summed E-state index contributed by atoms with van der Waals surface area (Å²) in [6.45, 7) is 8.62. The molecule has 0 aromatic rings. The van der Waals surface area contributed by atoms with Crippen molar-refractivity contribution in [3.05, 3.63) is 23.8 Å². The molecule has 0 spiro atoms. The molecule has 0 saturated carbocycles. The molecule has 0 radical (unpaired) electrons. The van der Waals surface area contributed by atoms with Crippen molar-refractivity contribution in [2.45, 2.75) is 34.1 Å². The number of thiocarbonyl (C=S) groups is 1. The molecule has 0 saturated heterocycles. The van der Waals surface area contributed by atoms with E-state index >= 15 is 0 Å². The normalized spacial score (nSPS) is 13.8. The van der Waals surface area contributed by atoms with Crippen molar-refractivity contribution < 1.29 is 0 Å². The van der Waals surface area contributed by atoms with E-state index in [0.717, 1.165) is 6.42 Å². The van der Waals surface area contributed by atoms with Crippen LogP contribution in [-0.4, -0.2) is 5.37 Å². The van der Waals surface area contributed by atoms with Gasteiger partial charge in [-0.1, -0.05) is 51.2 Å². The highest BCUT2D eigenvalue weighted by atomic mass is 32.1. The SMILES string of the molecule is C/C=C\C=C(/C=S)C(C)(C)CC. The molecule has 0 rings (SSSR count). The highest BCUT2D eigenvalue weighted by Gasteiger charge is 2.17. The van der Waals surface area contributed by atoms with Crippen molar-refractivity contribution in [3.8, 4) is 0 Å². The summed E-state index contributed by atoms with van der Waals surface area (Å²) in [6, 6.07) is 0. The van der Waals surface area contributed by atoms with Crippen LogP contribution in [0.15, 0.2) is 23.8 Å². The van der Waals surface area contributed by atoms with Crippen LogP contribution >= 0.6 is 12.2 Å². The van der Waals surface area contributed by atoms with Crippen molar-refractivity contribution >= 4 is 17.6 Å². The van der Waals surface area contributed by atoms with Gasteiger partial charge >= 0.3 is 0 Å². The molecule has 0 N–H and O–H groups in total. The molecule has 0 unspecified atom stereocenters. The first kappa shape index (κ1) is 11.6. The largest absolute Gasteiger partial charge is 0.0884 e. The fourth-order valence-electron chi connectivity index (χ4n) is 0.828. The zero-order chi connectivity index (χ0) is 9.61. The Kier molecular flexibility index (Phi) is 5.07. The van der Waals surface area contributed by atoms with Crippen molar-refractivity contribution in [3.63, 3.8) is 0 Å². The van der Waals surface area contributed by atoms with Gasteiger partial charge in [0.15, 0.2) is 0 Å². The number of rotatable bonds is 4. The van der Waals surface area contributed by atoms with Crippen LogP contribution in [0.25, 0.3) is 0 Å². The van der Waals surface area contributed by atoms with Crippen LogP contribution in [0.3, 0.4) is 0 Å². The smallest absolute Gasteiger partial charge is 0.00510 e. The average molecular weight is 182 g/mol. The van der Waals surface area contributed by atoms with E-state index in [4.69, 9.17) is 12.2 Å². The second-order valence-electron chi connectivity index (χ2n) is 3.50. The molecule has 0 heterocycles. The van der Waals surface area contributed by atoms with Crippen LogP contribution in [-0.2, 0) is 0 Å². The van der Waals surface area contributed by atoms with Gasteiger partial charge in [-0.25, -0.2) is 0 Å². The fourth-order valence-corrected chi connectivity index (χ4v) is 1.23. The summed E-state index contributed by atoms with van der Waals surface area (Å²) in [4.78, 5) is 0. The predicted octanol–water partition coefficient (Wildman–Crippen LogP) is 3.92. The zero-order valence-corrected chi connectivity index (χ0v) is 9.24. The number of hydrogen-bond donors (Lipinski definition) is 0. The number of hydrogen-bond acceptors (Lipinski definition) is 1. The van der Waals surface area contributed by atoms with Gasteiger partial charge < -0.3 is 0 Å². The molecule has 1 heteroatoms. The Bertz CT molecular complexity index is 197. The van der Waals surface area contributed by atoms with Gasteiger partial charge in [-0.05, 0) is 24.3 Å². The molecule has 0 fully saturated rings. The quantitative estimate of drug-likeness (QED) is 0.361. The monoisotopic (exact) mass is 182 g/mol. The van der Waals surface area contributed by atoms with Crippen LogP contribution in [0, 0.1) is 5.41 Å². The van der Waals surface area contributed by atoms with Gasteiger partial charge in [-0.15, -0.1) is 0 Å². The Labute approximate surface area is 81.4 Å². The van der Waals surface area contributed by atoms with Gasteiger partial charge in [-0.2, -0.15) is 0 Å². The third kappa shape index (κ3) is 3.31. The summed E-state index contributed by atoms with van der Waals surface area (Å²) >= 11 is 4.97. The Morgan fingerprint density at radius 1 is 1.42 bits per heavy atom. The Morgan fingerprint density at radius 3 is 2.33 bits per heavy atom. The standard InChI is InChI=1S/C11H18S/c1-5-7-8-10(9-12)11(3,4)6-2/h5,7-9H,6H2,1-4H3/b7-5-,10-8+. The first-order valence-corrected chi connectivity index (χ1v) is 4.84. The van der Waals surface area contributed by atoms with E-state index in [1.807, 2.05) is 19.1 Å². The maximum Gasteiger partial charge on any atom is 0.00510 e. The molecule has 0 amide bonds. The van der Waals surface area contributed by atoms with E-state index in [0.29, 0.717) is 0 Å². The molecule has 0 bridgehead atoms.